The minimum absolute atomic E-state index is 0.0509. The Morgan fingerprint density at radius 1 is 1.23 bits per heavy atom. The summed E-state index contributed by atoms with van der Waals surface area (Å²) in [6.45, 7) is 4.34. The molecule has 1 heterocycles. The van der Waals surface area contributed by atoms with Crippen LogP contribution in [0.5, 0.6) is 5.75 Å². The Hall–Kier alpha value is -3.33. The largest absolute Gasteiger partial charge is 0.496 e. The number of allylic oxidation sites excluding steroid dienone is 1. The number of hydrogen-bond acceptors (Lipinski definition) is 7. The summed E-state index contributed by atoms with van der Waals surface area (Å²) in [7, 11) is 7.42. The van der Waals surface area contributed by atoms with Gasteiger partial charge >= 0.3 is 0 Å². The van der Waals surface area contributed by atoms with E-state index in [1.165, 1.54) is 17.5 Å². The number of carbonyl (C=O) groups excluding carboxylic acids is 1. The fourth-order valence-electron chi connectivity index (χ4n) is 5.06. The van der Waals surface area contributed by atoms with Crippen LogP contribution < -0.4 is 15.8 Å². The molecule has 0 bridgehead atoms. The Balaban J connectivity index is 1.71. The molecule has 212 valence electrons. The van der Waals surface area contributed by atoms with Gasteiger partial charge in [-0.3, -0.25) is 4.79 Å². The second-order valence-corrected chi connectivity index (χ2v) is 11.6. The normalized spacial score (nSPS) is 17.8. The summed E-state index contributed by atoms with van der Waals surface area (Å²) in [5, 5.41) is 4.82. The molecule has 0 aliphatic heterocycles. The lowest BCUT2D eigenvalue weighted by molar-refractivity contribution is 0.0604. The van der Waals surface area contributed by atoms with Crippen LogP contribution in [-0.2, 0) is 6.54 Å². The number of nitrogens with one attached hydrogen (secondary N) is 1. The molecule has 1 aliphatic carbocycles. The number of fused-ring (bicyclic) bond motifs is 1. The number of ether oxygens (including phenoxy) is 1. The first-order valence-electron chi connectivity index (χ1n) is 13.4. The molecule has 1 fully saturated rings. The molecule has 4 rings (SSSR count). The quantitative estimate of drug-likeness (QED) is 0.282. The topological polar surface area (TPSA) is 83.2 Å². The molecule has 0 radical (unpaired) electrons. The van der Waals surface area contributed by atoms with Gasteiger partial charge in [0, 0.05) is 66.4 Å². The predicted molar refractivity (Wildman–Crippen MR) is 168 cm³/mol. The van der Waals surface area contributed by atoms with E-state index in [-0.39, 0.29) is 11.9 Å². The first kappa shape index (κ1) is 29.6. The SMILES string of the molecule is C=C(/N=C\C(=C/N)c1ccc(OC)c(CN(C(=O)c2sc3ccccc3c2Cl)[C@H]2CC[C@H](NC)CC2)c1)N(C)C. The van der Waals surface area contributed by atoms with Crippen LogP contribution in [0, 0.1) is 0 Å². The van der Waals surface area contributed by atoms with Crippen LogP contribution in [-0.4, -0.2) is 62.3 Å². The molecule has 0 spiro atoms. The molecule has 0 saturated heterocycles. The van der Waals surface area contributed by atoms with Gasteiger partial charge in [-0.05, 0) is 56.5 Å². The van der Waals surface area contributed by atoms with Crippen molar-refractivity contribution in [3.8, 4) is 5.75 Å². The van der Waals surface area contributed by atoms with E-state index in [0.717, 1.165) is 52.5 Å². The summed E-state index contributed by atoms with van der Waals surface area (Å²) in [6.07, 6.45) is 7.07. The van der Waals surface area contributed by atoms with Crippen molar-refractivity contribution < 1.29 is 9.53 Å². The van der Waals surface area contributed by atoms with Gasteiger partial charge in [0.2, 0.25) is 0 Å². The molecule has 40 heavy (non-hydrogen) atoms. The lowest BCUT2D eigenvalue weighted by Gasteiger charge is -2.37. The number of aliphatic imine (C=N–C) groups is 1. The predicted octanol–water partition coefficient (Wildman–Crippen LogP) is 6.14. The van der Waals surface area contributed by atoms with Crippen LogP contribution >= 0.6 is 22.9 Å². The van der Waals surface area contributed by atoms with Crippen molar-refractivity contribution in [2.24, 2.45) is 10.7 Å². The van der Waals surface area contributed by atoms with Gasteiger partial charge < -0.3 is 25.6 Å². The summed E-state index contributed by atoms with van der Waals surface area (Å²) in [6, 6.07) is 14.3. The monoisotopic (exact) mass is 579 g/mol. The average Bonchev–Trinajstić information content (AvgIpc) is 3.32. The Kier molecular flexibility index (Phi) is 9.90. The third kappa shape index (κ3) is 6.52. The third-order valence-electron chi connectivity index (χ3n) is 7.54. The van der Waals surface area contributed by atoms with Crippen molar-refractivity contribution in [1.29, 1.82) is 0 Å². The fraction of sp³-hybridized carbons (Fsp3) is 0.355. The Bertz CT molecular complexity index is 1420. The molecule has 2 aromatic carbocycles. The number of methoxy groups -OCH3 is 1. The van der Waals surface area contributed by atoms with E-state index >= 15 is 0 Å². The number of halogens is 1. The van der Waals surface area contributed by atoms with Crippen LogP contribution in [0.25, 0.3) is 15.7 Å². The van der Waals surface area contributed by atoms with Crippen molar-refractivity contribution >= 4 is 50.7 Å². The molecule has 1 saturated carbocycles. The molecule has 0 unspecified atom stereocenters. The minimum Gasteiger partial charge on any atom is -0.496 e. The van der Waals surface area contributed by atoms with E-state index in [0.29, 0.717) is 34.1 Å². The van der Waals surface area contributed by atoms with Crippen molar-refractivity contribution in [3.63, 3.8) is 0 Å². The van der Waals surface area contributed by atoms with E-state index in [4.69, 9.17) is 22.1 Å². The maximum atomic E-state index is 14.2. The molecule has 3 N–H and O–H groups in total. The summed E-state index contributed by atoms with van der Waals surface area (Å²) in [5.74, 6) is 1.27. The third-order valence-corrected chi connectivity index (χ3v) is 9.20. The van der Waals surface area contributed by atoms with Gasteiger partial charge in [-0.15, -0.1) is 11.3 Å². The lowest BCUT2D eigenvalue weighted by atomic mass is 9.89. The minimum atomic E-state index is -0.0509. The van der Waals surface area contributed by atoms with E-state index in [1.807, 2.05) is 73.4 Å². The van der Waals surface area contributed by atoms with E-state index < -0.39 is 0 Å². The highest BCUT2D eigenvalue weighted by atomic mass is 35.5. The molecule has 1 aromatic heterocycles. The summed E-state index contributed by atoms with van der Waals surface area (Å²) in [4.78, 5) is 23.1. The summed E-state index contributed by atoms with van der Waals surface area (Å²) < 4.78 is 6.75. The van der Waals surface area contributed by atoms with Crippen molar-refractivity contribution in [2.45, 2.75) is 44.3 Å². The van der Waals surface area contributed by atoms with Gasteiger partial charge in [-0.1, -0.05) is 42.4 Å². The second kappa shape index (κ2) is 13.4. The van der Waals surface area contributed by atoms with Crippen molar-refractivity contribution in [2.75, 3.05) is 28.3 Å². The Labute approximate surface area is 246 Å². The van der Waals surface area contributed by atoms with Gasteiger partial charge in [-0.25, -0.2) is 4.99 Å². The zero-order valence-electron chi connectivity index (χ0n) is 23.6. The number of benzene rings is 2. The number of thiophene rings is 1. The maximum absolute atomic E-state index is 14.2. The van der Waals surface area contributed by atoms with Gasteiger partial charge in [0.15, 0.2) is 0 Å². The second-order valence-electron chi connectivity index (χ2n) is 10.2. The number of carbonyl (C=O) groups is 1. The Morgan fingerprint density at radius 3 is 2.58 bits per heavy atom. The number of rotatable bonds is 10. The van der Waals surface area contributed by atoms with Gasteiger partial charge in [0.05, 0.1) is 12.1 Å². The first-order chi connectivity index (χ1) is 19.3. The molecule has 3 aromatic rings. The highest BCUT2D eigenvalue weighted by molar-refractivity contribution is 7.21. The summed E-state index contributed by atoms with van der Waals surface area (Å²) in [5.41, 5.74) is 8.50. The molecule has 1 amide bonds. The summed E-state index contributed by atoms with van der Waals surface area (Å²) >= 11 is 8.24. The van der Waals surface area contributed by atoms with E-state index in [9.17, 15) is 4.79 Å². The fourth-order valence-corrected chi connectivity index (χ4v) is 6.53. The lowest BCUT2D eigenvalue weighted by Crippen LogP contribution is -2.44. The molecular formula is C31H38ClN5O2S. The molecule has 1 aliphatic rings. The number of amides is 1. The molecule has 7 nitrogen and oxygen atoms in total. The smallest absolute Gasteiger partial charge is 0.266 e. The van der Waals surface area contributed by atoms with Crippen LogP contribution in [0.3, 0.4) is 0 Å². The number of nitrogens with two attached hydrogens (primary N) is 1. The molecular weight excluding hydrogens is 542 g/mol. The molecule has 9 heteroatoms. The first-order valence-corrected chi connectivity index (χ1v) is 14.6. The van der Waals surface area contributed by atoms with Crippen molar-refractivity contribution in [1.82, 2.24) is 15.1 Å². The van der Waals surface area contributed by atoms with E-state index in [2.05, 4.69) is 16.9 Å². The standard InChI is InChI=1S/C31H38ClN5O2S/c1-20(36(3)4)35-18-23(17-33)21-10-15-27(39-5)22(16-21)19-37(25-13-11-24(34-2)12-14-25)31(38)30-29(32)26-8-6-7-9-28(26)40-30/h6-10,15-18,24-25,34H,1,11-14,19,33H2,2-5H3/b23-17+,35-18-/t24-,25-. The van der Waals surface area contributed by atoms with Crippen molar-refractivity contribution in [3.05, 3.63) is 82.1 Å². The zero-order valence-corrected chi connectivity index (χ0v) is 25.2. The van der Waals surface area contributed by atoms with Crippen LogP contribution in [0.2, 0.25) is 5.02 Å². The van der Waals surface area contributed by atoms with Gasteiger partial charge in [0.1, 0.15) is 16.4 Å². The average molecular weight is 580 g/mol. The number of hydrogen-bond donors (Lipinski definition) is 2. The van der Waals surface area contributed by atoms with Crippen LogP contribution in [0.15, 0.2) is 66.1 Å². The Morgan fingerprint density at radius 2 is 1.95 bits per heavy atom. The van der Waals surface area contributed by atoms with E-state index in [1.54, 1.807) is 13.3 Å². The van der Waals surface area contributed by atoms with Gasteiger partial charge in [0.25, 0.3) is 5.91 Å². The highest BCUT2D eigenvalue weighted by Crippen LogP contribution is 2.38. The van der Waals surface area contributed by atoms with Crippen LogP contribution in [0.4, 0.5) is 0 Å². The van der Waals surface area contributed by atoms with Crippen LogP contribution in [0.1, 0.15) is 46.5 Å². The number of nitrogens with zero attached hydrogens (tertiary/aromatic N) is 3. The maximum Gasteiger partial charge on any atom is 0.266 e. The molecule has 0 atom stereocenters. The van der Waals surface area contributed by atoms with Gasteiger partial charge in [-0.2, -0.15) is 0 Å². The highest BCUT2D eigenvalue weighted by Gasteiger charge is 2.32. The zero-order chi connectivity index (χ0) is 28.8.